The van der Waals surface area contributed by atoms with Crippen LogP contribution in [0.25, 0.3) is 0 Å². The number of hydrogen-bond donors (Lipinski definition) is 1. The lowest BCUT2D eigenvalue weighted by Crippen LogP contribution is -2.15. The number of hydrogen-bond acceptors (Lipinski definition) is 5. The molecule has 1 aliphatic rings. The molecule has 1 saturated carbocycles. The van der Waals surface area contributed by atoms with Gasteiger partial charge in [0.25, 0.3) is 5.91 Å². The zero-order valence-corrected chi connectivity index (χ0v) is 14.1. The standard InChI is InChI=1S/C17H18N2O3S/c1-9-14(22-3)7-6-12(10(2)20)15(9)19-16(21)17-18-13(8-23-17)11-4-5-11/h6-8,11H,4-5H2,1-3H3,(H,19,21). The van der Waals surface area contributed by atoms with Gasteiger partial charge in [-0.15, -0.1) is 11.3 Å². The van der Waals surface area contributed by atoms with Crippen molar-refractivity contribution >= 4 is 28.7 Å². The van der Waals surface area contributed by atoms with Crippen molar-refractivity contribution in [1.82, 2.24) is 4.98 Å². The molecule has 0 radical (unpaired) electrons. The minimum Gasteiger partial charge on any atom is -0.496 e. The minimum absolute atomic E-state index is 0.108. The molecule has 0 spiro atoms. The SMILES string of the molecule is COc1ccc(C(C)=O)c(NC(=O)c2nc(C3CC3)cs2)c1C. The van der Waals surface area contributed by atoms with E-state index in [4.69, 9.17) is 4.74 Å². The monoisotopic (exact) mass is 330 g/mol. The van der Waals surface area contributed by atoms with Crippen LogP contribution in [0.3, 0.4) is 0 Å². The quantitative estimate of drug-likeness (QED) is 0.847. The van der Waals surface area contributed by atoms with Crippen molar-refractivity contribution in [3.63, 3.8) is 0 Å². The van der Waals surface area contributed by atoms with E-state index in [1.54, 1.807) is 19.2 Å². The molecule has 3 rings (SSSR count). The topological polar surface area (TPSA) is 68.3 Å². The Bertz CT molecular complexity index is 778. The van der Waals surface area contributed by atoms with Gasteiger partial charge in [0.15, 0.2) is 10.8 Å². The van der Waals surface area contributed by atoms with Gasteiger partial charge in [0, 0.05) is 22.4 Å². The van der Waals surface area contributed by atoms with Gasteiger partial charge in [-0.05, 0) is 38.8 Å². The number of ether oxygens (including phenoxy) is 1. The average Bonchev–Trinajstić information content (AvgIpc) is 3.26. The Labute approximate surface area is 138 Å². The van der Waals surface area contributed by atoms with Crippen molar-refractivity contribution in [3.8, 4) is 5.75 Å². The van der Waals surface area contributed by atoms with E-state index in [2.05, 4.69) is 10.3 Å². The van der Waals surface area contributed by atoms with Crippen LogP contribution in [0.5, 0.6) is 5.75 Å². The lowest BCUT2D eigenvalue weighted by Gasteiger charge is -2.14. The molecule has 23 heavy (non-hydrogen) atoms. The van der Waals surface area contributed by atoms with Gasteiger partial charge in [-0.3, -0.25) is 9.59 Å². The number of amides is 1. The van der Waals surface area contributed by atoms with Crippen LogP contribution < -0.4 is 10.1 Å². The van der Waals surface area contributed by atoms with E-state index in [1.807, 2.05) is 12.3 Å². The molecule has 1 aromatic heterocycles. The summed E-state index contributed by atoms with van der Waals surface area (Å²) in [5.41, 5.74) is 2.68. The number of thiazole rings is 1. The molecule has 6 heteroatoms. The predicted molar refractivity (Wildman–Crippen MR) is 89.8 cm³/mol. The van der Waals surface area contributed by atoms with Gasteiger partial charge in [-0.1, -0.05) is 0 Å². The predicted octanol–water partition coefficient (Wildman–Crippen LogP) is 3.79. The van der Waals surface area contributed by atoms with E-state index in [0.717, 1.165) is 24.1 Å². The van der Waals surface area contributed by atoms with E-state index in [9.17, 15) is 9.59 Å². The Morgan fingerprint density at radius 1 is 1.35 bits per heavy atom. The molecule has 120 valence electrons. The number of benzene rings is 1. The Kier molecular flexibility index (Phi) is 4.17. The Morgan fingerprint density at radius 3 is 2.70 bits per heavy atom. The fraction of sp³-hybridized carbons (Fsp3) is 0.353. The molecular formula is C17H18N2O3S. The highest BCUT2D eigenvalue weighted by Crippen LogP contribution is 2.40. The molecule has 0 aliphatic heterocycles. The zero-order chi connectivity index (χ0) is 16.6. The van der Waals surface area contributed by atoms with Crippen LogP contribution in [0, 0.1) is 6.92 Å². The normalized spacial score (nSPS) is 13.7. The molecule has 0 bridgehead atoms. The van der Waals surface area contributed by atoms with Gasteiger partial charge in [0.05, 0.1) is 18.5 Å². The first-order valence-electron chi connectivity index (χ1n) is 7.46. The second-order valence-electron chi connectivity index (χ2n) is 5.68. The molecule has 0 saturated heterocycles. The summed E-state index contributed by atoms with van der Waals surface area (Å²) in [5.74, 6) is 0.742. The minimum atomic E-state index is -0.291. The van der Waals surface area contributed by atoms with Crippen molar-refractivity contribution < 1.29 is 14.3 Å². The van der Waals surface area contributed by atoms with Crippen LogP contribution in [0.15, 0.2) is 17.5 Å². The van der Waals surface area contributed by atoms with Gasteiger partial charge in [0.1, 0.15) is 5.75 Å². The van der Waals surface area contributed by atoms with Crippen molar-refractivity contribution in [2.45, 2.75) is 32.6 Å². The van der Waals surface area contributed by atoms with Crippen LogP contribution >= 0.6 is 11.3 Å². The third kappa shape index (κ3) is 3.12. The number of nitrogens with zero attached hydrogens (tertiary/aromatic N) is 1. The summed E-state index contributed by atoms with van der Waals surface area (Å²) in [6, 6.07) is 3.40. The molecule has 1 N–H and O–H groups in total. The third-order valence-corrected chi connectivity index (χ3v) is 4.82. The molecule has 5 nitrogen and oxygen atoms in total. The highest BCUT2D eigenvalue weighted by Gasteiger charge is 2.27. The fourth-order valence-electron chi connectivity index (χ4n) is 2.49. The first-order chi connectivity index (χ1) is 11.0. The Balaban J connectivity index is 1.90. The summed E-state index contributed by atoms with van der Waals surface area (Å²) in [4.78, 5) is 28.7. The summed E-state index contributed by atoms with van der Waals surface area (Å²) in [6.45, 7) is 3.30. The number of ketones is 1. The maximum Gasteiger partial charge on any atom is 0.284 e. The van der Waals surface area contributed by atoms with Crippen LogP contribution in [0.1, 0.15) is 57.1 Å². The van der Waals surface area contributed by atoms with Crippen LogP contribution in [-0.4, -0.2) is 23.8 Å². The van der Waals surface area contributed by atoms with Gasteiger partial charge >= 0.3 is 0 Å². The van der Waals surface area contributed by atoms with Gasteiger partial charge < -0.3 is 10.1 Å². The molecule has 1 fully saturated rings. The van der Waals surface area contributed by atoms with Gasteiger partial charge in [0.2, 0.25) is 0 Å². The van der Waals surface area contributed by atoms with Crippen LogP contribution in [0.2, 0.25) is 0 Å². The van der Waals surface area contributed by atoms with Crippen molar-refractivity contribution in [2.75, 3.05) is 12.4 Å². The van der Waals surface area contributed by atoms with Crippen molar-refractivity contribution in [3.05, 3.63) is 39.3 Å². The largest absolute Gasteiger partial charge is 0.496 e. The highest BCUT2D eigenvalue weighted by atomic mass is 32.1. The molecule has 2 aromatic rings. The average molecular weight is 330 g/mol. The van der Waals surface area contributed by atoms with E-state index in [0.29, 0.717) is 27.9 Å². The van der Waals surface area contributed by atoms with Gasteiger partial charge in [-0.2, -0.15) is 0 Å². The lowest BCUT2D eigenvalue weighted by molar-refractivity contribution is 0.101. The second-order valence-corrected chi connectivity index (χ2v) is 6.54. The lowest BCUT2D eigenvalue weighted by atomic mass is 10.0. The zero-order valence-electron chi connectivity index (χ0n) is 13.3. The van der Waals surface area contributed by atoms with E-state index < -0.39 is 0 Å². The molecule has 1 heterocycles. The summed E-state index contributed by atoms with van der Waals surface area (Å²) < 4.78 is 5.28. The molecule has 1 aromatic carbocycles. The number of methoxy groups -OCH3 is 1. The number of nitrogens with one attached hydrogen (secondary N) is 1. The summed E-state index contributed by atoms with van der Waals surface area (Å²) >= 11 is 1.34. The first kappa shape index (κ1) is 15.7. The number of aromatic nitrogens is 1. The number of carbonyl (C=O) groups excluding carboxylic acids is 2. The summed E-state index contributed by atoms with van der Waals surface area (Å²) in [5, 5.41) is 5.19. The smallest absolute Gasteiger partial charge is 0.284 e. The fourth-order valence-corrected chi connectivity index (χ4v) is 3.29. The van der Waals surface area contributed by atoms with Crippen molar-refractivity contribution in [2.24, 2.45) is 0 Å². The van der Waals surface area contributed by atoms with Gasteiger partial charge in [-0.25, -0.2) is 4.98 Å². The molecule has 0 atom stereocenters. The number of carbonyl (C=O) groups is 2. The maximum atomic E-state index is 12.5. The van der Waals surface area contributed by atoms with E-state index in [-0.39, 0.29) is 11.7 Å². The highest BCUT2D eigenvalue weighted by molar-refractivity contribution is 7.11. The number of rotatable bonds is 5. The molecule has 1 amide bonds. The third-order valence-electron chi connectivity index (χ3n) is 3.96. The number of anilines is 1. The molecule has 1 aliphatic carbocycles. The summed E-state index contributed by atoms with van der Waals surface area (Å²) in [6.07, 6.45) is 2.29. The number of Topliss-reactive ketones (excluding diaryl/α,β-unsaturated/α-hetero) is 1. The van der Waals surface area contributed by atoms with E-state index in [1.165, 1.54) is 18.3 Å². The van der Waals surface area contributed by atoms with E-state index >= 15 is 0 Å². The second kappa shape index (κ2) is 6.12. The Hall–Kier alpha value is -2.21. The molecular weight excluding hydrogens is 312 g/mol. The van der Waals surface area contributed by atoms with Crippen molar-refractivity contribution in [1.29, 1.82) is 0 Å². The van der Waals surface area contributed by atoms with Crippen LogP contribution in [0.4, 0.5) is 5.69 Å². The first-order valence-corrected chi connectivity index (χ1v) is 8.34. The Morgan fingerprint density at radius 2 is 2.09 bits per heavy atom. The maximum absolute atomic E-state index is 12.5. The summed E-state index contributed by atoms with van der Waals surface area (Å²) in [7, 11) is 1.56. The molecule has 0 unspecified atom stereocenters. The van der Waals surface area contributed by atoms with Crippen LogP contribution in [-0.2, 0) is 0 Å².